The topological polar surface area (TPSA) is 95.9 Å². The highest BCUT2D eigenvalue weighted by Crippen LogP contribution is 2.44. The first-order valence-electron chi connectivity index (χ1n) is 11.5. The number of carbonyl (C=O) groups excluding carboxylic acids is 2. The summed E-state index contributed by atoms with van der Waals surface area (Å²) >= 11 is 0. The molecule has 1 fully saturated rings. The first-order valence-corrected chi connectivity index (χ1v) is 11.5. The number of carboxylic acid groups (broad SMARTS) is 1. The molecule has 0 heterocycles. The predicted molar refractivity (Wildman–Crippen MR) is 124 cm³/mol. The molecule has 1 saturated carbocycles. The molecule has 7 nitrogen and oxygen atoms in total. The minimum Gasteiger partial charge on any atom is -0.480 e. The quantitative estimate of drug-likeness (QED) is 0.648. The average Bonchev–Trinajstić information content (AvgIpc) is 2.93. The Balaban J connectivity index is 1.42. The Morgan fingerprint density at radius 1 is 0.970 bits per heavy atom. The van der Waals surface area contributed by atoms with Gasteiger partial charge in [0, 0.05) is 19.0 Å². The molecule has 174 valence electrons. The number of nitrogens with zero attached hydrogens (tertiary/aromatic N) is 1. The van der Waals surface area contributed by atoms with E-state index in [2.05, 4.69) is 29.6 Å². The van der Waals surface area contributed by atoms with Gasteiger partial charge in [0.2, 0.25) is 5.91 Å². The van der Waals surface area contributed by atoms with Crippen LogP contribution >= 0.6 is 0 Å². The highest BCUT2D eigenvalue weighted by molar-refractivity contribution is 5.84. The highest BCUT2D eigenvalue weighted by Gasteiger charge is 2.34. The molecule has 7 heteroatoms. The van der Waals surface area contributed by atoms with E-state index < -0.39 is 18.0 Å². The molecule has 2 atom stereocenters. The van der Waals surface area contributed by atoms with Gasteiger partial charge in [0.25, 0.3) is 0 Å². The van der Waals surface area contributed by atoms with Crippen LogP contribution in [0.4, 0.5) is 4.79 Å². The van der Waals surface area contributed by atoms with Crippen molar-refractivity contribution in [3.05, 3.63) is 59.7 Å². The maximum absolute atomic E-state index is 12.9. The largest absolute Gasteiger partial charge is 0.480 e. The van der Waals surface area contributed by atoms with Gasteiger partial charge in [-0.2, -0.15) is 0 Å². The summed E-state index contributed by atoms with van der Waals surface area (Å²) in [7, 11) is 1.49. The normalized spacial score (nSPS) is 19.7. The number of aliphatic carboxylic acids is 1. The number of hydrogen-bond donors (Lipinski definition) is 2. The number of likely N-dealkylation sites (N-methyl/N-ethyl adjacent to an activating group) is 1. The maximum atomic E-state index is 12.9. The van der Waals surface area contributed by atoms with E-state index in [1.807, 2.05) is 24.3 Å². The number of hydrogen-bond acceptors (Lipinski definition) is 4. The predicted octanol–water partition coefficient (Wildman–Crippen LogP) is 4.02. The molecule has 0 radical (unpaired) electrons. The van der Waals surface area contributed by atoms with Crippen LogP contribution in [0.25, 0.3) is 11.1 Å². The standard InChI is InChI=1S/C26H30N2O5/c1-28(15-24(29)30)25(31)21-13-3-2-4-14-23(21)27-26(32)33-16-22-19-11-7-5-9-17(19)18-10-6-8-12-20(18)22/h5-12,21-23H,2-4,13-16H2,1H3,(H,27,32)(H,29,30). The van der Waals surface area contributed by atoms with Gasteiger partial charge in [-0.25, -0.2) is 4.79 Å². The lowest BCUT2D eigenvalue weighted by Crippen LogP contribution is -2.48. The zero-order valence-electron chi connectivity index (χ0n) is 18.8. The Morgan fingerprint density at radius 2 is 1.58 bits per heavy atom. The molecule has 2 aliphatic rings. The van der Waals surface area contributed by atoms with Gasteiger partial charge in [-0.3, -0.25) is 9.59 Å². The fourth-order valence-corrected chi connectivity index (χ4v) is 5.13. The third-order valence-corrected chi connectivity index (χ3v) is 6.73. The number of amides is 2. The highest BCUT2D eigenvalue weighted by atomic mass is 16.5. The van der Waals surface area contributed by atoms with Crippen molar-refractivity contribution in [2.75, 3.05) is 20.2 Å². The van der Waals surface area contributed by atoms with Gasteiger partial charge in [-0.05, 0) is 35.1 Å². The first kappa shape index (κ1) is 22.8. The van der Waals surface area contributed by atoms with Crippen molar-refractivity contribution in [1.82, 2.24) is 10.2 Å². The number of rotatable bonds is 6. The summed E-state index contributed by atoms with van der Waals surface area (Å²) in [5, 5.41) is 11.9. The van der Waals surface area contributed by atoms with Gasteiger partial charge < -0.3 is 20.1 Å². The second-order valence-electron chi connectivity index (χ2n) is 8.91. The van der Waals surface area contributed by atoms with Crippen molar-refractivity contribution in [3.63, 3.8) is 0 Å². The molecule has 2 amide bonds. The SMILES string of the molecule is CN(CC(=O)O)C(=O)C1CCCCCC1NC(=O)OCC1c2ccccc2-c2ccccc21. The van der Waals surface area contributed by atoms with E-state index in [9.17, 15) is 14.4 Å². The van der Waals surface area contributed by atoms with Crippen LogP contribution in [0.3, 0.4) is 0 Å². The third-order valence-electron chi connectivity index (χ3n) is 6.73. The van der Waals surface area contributed by atoms with Crippen LogP contribution in [-0.2, 0) is 14.3 Å². The van der Waals surface area contributed by atoms with E-state index in [-0.39, 0.29) is 31.0 Å². The molecular formula is C26H30N2O5. The molecule has 0 spiro atoms. The van der Waals surface area contributed by atoms with Crippen LogP contribution in [0.1, 0.15) is 49.1 Å². The molecule has 2 aromatic rings. The minimum absolute atomic E-state index is 0.0311. The van der Waals surface area contributed by atoms with E-state index in [1.54, 1.807) is 0 Å². The van der Waals surface area contributed by atoms with Crippen LogP contribution in [-0.4, -0.2) is 54.2 Å². The van der Waals surface area contributed by atoms with E-state index in [0.717, 1.165) is 41.5 Å². The Hall–Kier alpha value is -3.35. The van der Waals surface area contributed by atoms with Crippen LogP contribution < -0.4 is 5.32 Å². The van der Waals surface area contributed by atoms with E-state index >= 15 is 0 Å². The molecule has 2 aromatic carbocycles. The summed E-state index contributed by atoms with van der Waals surface area (Å²) in [6, 6.07) is 15.9. The third kappa shape index (κ3) is 5.02. The van der Waals surface area contributed by atoms with Gasteiger partial charge >= 0.3 is 12.1 Å². The van der Waals surface area contributed by atoms with Crippen molar-refractivity contribution in [2.24, 2.45) is 5.92 Å². The fraction of sp³-hybridized carbons (Fsp3) is 0.423. The summed E-state index contributed by atoms with van der Waals surface area (Å²) in [5.74, 6) is -1.78. The average molecular weight is 451 g/mol. The van der Waals surface area contributed by atoms with Gasteiger partial charge in [0.1, 0.15) is 13.2 Å². The number of benzene rings is 2. The van der Waals surface area contributed by atoms with Crippen molar-refractivity contribution in [1.29, 1.82) is 0 Å². The molecule has 0 aliphatic heterocycles. The second-order valence-corrected chi connectivity index (χ2v) is 8.91. The summed E-state index contributed by atoms with van der Waals surface area (Å²) < 4.78 is 5.67. The lowest BCUT2D eigenvalue weighted by molar-refractivity contribution is -0.145. The van der Waals surface area contributed by atoms with Gasteiger partial charge in [0.05, 0.1) is 5.92 Å². The Labute approximate surface area is 193 Å². The molecule has 0 aromatic heterocycles. The smallest absolute Gasteiger partial charge is 0.407 e. The van der Waals surface area contributed by atoms with Crippen LogP contribution in [0.5, 0.6) is 0 Å². The molecule has 0 saturated heterocycles. The number of alkyl carbamates (subject to hydrolysis) is 1. The summed E-state index contributed by atoms with van der Waals surface area (Å²) in [6.07, 6.45) is 3.51. The number of ether oxygens (including phenoxy) is 1. The Bertz CT molecular complexity index is 991. The van der Waals surface area contributed by atoms with Gasteiger partial charge in [-0.15, -0.1) is 0 Å². The van der Waals surface area contributed by atoms with Crippen LogP contribution in [0, 0.1) is 5.92 Å². The zero-order valence-corrected chi connectivity index (χ0v) is 18.8. The van der Waals surface area contributed by atoms with Crippen LogP contribution in [0.15, 0.2) is 48.5 Å². The second kappa shape index (κ2) is 10.1. The van der Waals surface area contributed by atoms with E-state index in [1.165, 1.54) is 11.9 Å². The molecule has 33 heavy (non-hydrogen) atoms. The van der Waals surface area contributed by atoms with Crippen molar-refractivity contribution in [2.45, 2.75) is 44.1 Å². The van der Waals surface area contributed by atoms with Crippen molar-refractivity contribution < 1.29 is 24.2 Å². The number of carboxylic acids is 1. The lowest BCUT2D eigenvalue weighted by Gasteiger charge is -2.28. The first-order chi connectivity index (χ1) is 16.0. The van der Waals surface area contributed by atoms with Crippen molar-refractivity contribution in [3.8, 4) is 11.1 Å². The lowest BCUT2D eigenvalue weighted by atomic mass is 9.93. The summed E-state index contributed by atoms with van der Waals surface area (Å²) in [4.78, 5) is 37.9. The summed E-state index contributed by atoms with van der Waals surface area (Å²) in [5.41, 5.74) is 4.62. The van der Waals surface area contributed by atoms with Gasteiger partial charge in [0.15, 0.2) is 0 Å². The monoisotopic (exact) mass is 450 g/mol. The fourth-order valence-electron chi connectivity index (χ4n) is 5.13. The number of carbonyl (C=O) groups is 3. The minimum atomic E-state index is -1.06. The molecule has 0 bridgehead atoms. The number of fused-ring (bicyclic) bond motifs is 3. The molecule has 2 aliphatic carbocycles. The van der Waals surface area contributed by atoms with E-state index in [4.69, 9.17) is 9.84 Å². The molecule has 2 unspecified atom stereocenters. The van der Waals surface area contributed by atoms with Gasteiger partial charge in [-0.1, -0.05) is 67.8 Å². The van der Waals surface area contributed by atoms with Crippen molar-refractivity contribution >= 4 is 18.0 Å². The van der Waals surface area contributed by atoms with Crippen LogP contribution in [0.2, 0.25) is 0 Å². The maximum Gasteiger partial charge on any atom is 0.407 e. The van der Waals surface area contributed by atoms with E-state index in [0.29, 0.717) is 12.8 Å². The Kier molecular flexibility index (Phi) is 6.96. The Morgan fingerprint density at radius 3 is 2.21 bits per heavy atom. The summed E-state index contributed by atoms with van der Waals surface area (Å²) in [6.45, 7) is -0.142. The zero-order chi connectivity index (χ0) is 23.4. The molecule has 2 N–H and O–H groups in total. The molecular weight excluding hydrogens is 420 g/mol. The molecule has 4 rings (SSSR count). The number of nitrogens with one attached hydrogen (secondary N) is 1.